The van der Waals surface area contributed by atoms with Gasteiger partial charge in [0.05, 0.1) is 0 Å². The molecule has 1 aromatic heterocycles. The summed E-state index contributed by atoms with van der Waals surface area (Å²) >= 11 is 0. The Morgan fingerprint density at radius 2 is 2.21 bits per heavy atom. The quantitative estimate of drug-likeness (QED) is 0.819. The number of rotatable bonds is 5. The SMILES string of the molecule is O=S(=O)(O)N(CC1=CCCN=C1)Cc1cccnc1. The molecule has 0 saturated heterocycles. The number of hydrogen-bond acceptors (Lipinski definition) is 4. The van der Waals surface area contributed by atoms with Gasteiger partial charge in [-0.05, 0) is 23.6 Å². The van der Waals surface area contributed by atoms with E-state index in [4.69, 9.17) is 0 Å². The zero-order chi connectivity index (χ0) is 13.7. The van der Waals surface area contributed by atoms with Crippen molar-refractivity contribution < 1.29 is 13.0 Å². The van der Waals surface area contributed by atoms with Gasteiger partial charge in [0.15, 0.2) is 0 Å². The van der Waals surface area contributed by atoms with Gasteiger partial charge in [-0.15, -0.1) is 0 Å². The first-order valence-electron chi connectivity index (χ1n) is 5.86. The van der Waals surface area contributed by atoms with E-state index in [0.717, 1.165) is 22.8 Å². The van der Waals surface area contributed by atoms with E-state index in [1.165, 1.54) is 0 Å². The average molecular weight is 281 g/mol. The molecule has 0 radical (unpaired) electrons. The Bertz CT molecular complexity index is 581. The number of pyridine rings is 1. The van der Waals surface area contributed by atoms with Crippen molar-refractivity contribution in [2.24, 2.45) is 4.99 Å². The topological polar surface area (TPSA) is 82.9 Å². The number of aromatic nitrogens is 1. The molecule has 0 bridgehead atoms. The van der Waals surface area contributed by atoms with E-state index < -0.39 is 10.3 Å². The molecule has 0 atom stereocenters. The second kappa shape index (κ2) is 6.05. The Kier molecular flexibility index (Phi) is 4.41. The van der Waals surface area contributed by atoms with E-state index in [1.807, 2.05) is 6.08 Å². The van der Waals surface area contributed by atoms with Crippen LogP contribution in [0.2, 0.25) is 0 Å². The summed E-state index contributed by atoms with van der Waals surface area (Å²) in [6.45, 7) is 0.910. The fourth-order valence-electron chi connectivity index (χ4n) is 1.78. The number of nitrogens with zero attached hydrogens (tertiary/aromatic N) is 3. The second-order valence-electron chi connectivity index (χ2n) is 4.21. The molecule has 0 aromatic carbocycles. The second-order valence-corrected chi connectivity index (χ2v) is 5.62. The van der Waals surface area contributed by atoms with Gasteiger partial charge >= 0.3 is 10.3 Å². The molecular formula is C12H15N3O3S. The van der Waals surface area contributed by atoms with Gasteiger partial charge in [-0.25, -0.2) is 0 Å². The highest BCUT2D eigenvalue weighted by Crippen LogP contribution is 2.11. The number of aliphatic imine (C=N–C) groups is 1. The molecule has 1 aliphatic heterocycles. The highest BCUT2D eigenvalue weighted by Gasteiger charge is 2.20. The van der Waals surface area contributed by atoms with Crippen LogP contribution >= 0.6 is 0 Å². The standard InChI is InChI=1S/C12H15N3O3S/c16-19(17,18)15(9-11-3-1-5-13-7-11)10-12-4-2-6-14-8-12/h1,3-5,7-8H,2,6,9-10H2,(H,16,17,18). The first-order chi connectivity index (χ1) is 9.05. The molecular weight excluding hydrogens is 266 g/mol. The summed E-state index contributed by atoms with van der Waals surface area (Å²) in [5.41, 5.74) is 1.50. The fourth-order valence-corrected chi connectivity index (χ4v) is 2.41. The van der Waals surface area contributed by atoms with Gasteiger partial charge in [0, 0.05) is 38.2 Å². The van der Waals surface area contributed by atoms with Crippen LogP contribution in [0, 0.1) is 0 Å². The van der Waals surface area contributed by atoms with Crippen molar-refractivity contribution in [3.8, 4) is 0 Å². The van der Waals surface area contributed by atoms with Crippen LogP contribution in [0.1, 0.15) is 12.0 Å². The summed E-state index contributed by atoms with van der Waals surface area (Å²) in [6, 6.07) is 3.48. The van der Waals surface area contributed by atoms with Crippen molar-refractivity contribution in [1.29, 1.82) is 0 Å². The molecule has 0 unspecified atom stereocenters. The third kappa shape index (κ3) is 4.23. The van der Waals surface area contributed by atoms with E-state index in [2.05, 4.69) is 9.98 Å². The van der Waals surface area contributed by atoms with Crippen LogP contribution in [0.25, 0.3) is 0 Å². The summed E-state index contributed by atoms with van der Waals surface area (Å²) < 4.78 is 33.1. The van der Waals surface area contributed by atoms with Crippen LogP contribution in [0.15, 0.2) is 41.2 Å². The van der Waals surface area contributed by atoms with Gasteiger partial charge in [0.1, 0.15) is 0 Å². The van der Waals surface area contributed by atoms with Crippen molar-refractivity contribution in [2.45, 2.75) is 13.0 Å². The van der Waals surface area contributed by atoms with E-state index in [0.29, 0.717) is 5.56 Å². The fraction of sp³-hybridized carbons (Fsp3) is 0.333. The molecule has 19 heavy (non-hydrogen) atoms. The normalized spacial score (nSPS) is 15.6. The number of dihydropyridines is 1. The van der Waals surface area contributed by atoms with Crippen molar-refractivity contribution in [1.82, 2.24) is 9.29 Å². The van der Waals surface area contributed by atoms with Gasteiger partial charge in [0.25, 0.3) is 0 Å². The lowest BCUT2D eigenvalue weighted by atomic mass is 10.2. The third-order valence-electron chi connectivity index (χ3n) is 2.69. The van der Waals surface area contributed by atoms with Crippen molar-refractivity contribution in [2.75, 3.05) is 13.1 Å². The van der Waals surface area contributed by atoms with E-state index in [1.54, 1.807) is 30.7 Å². The van der Waals surface area contributed by atoms with E-state index in [-0.39, 0.29) is 13.1 Å². The Labute approximate surface area is 112 Å². The minimum atomic E-state index is -4.26. The molecule has 0 aliphatic carbocycles. The van der Waals surface area contributed by atoms with Crippen LogP contribution in [0.5, 0.6) is 0 Å². The Morgan fingerprint density at radius 1 is 1.37 bits per heavy atom. The maximum atomic E-state index is 11.4. The highest BCUT2D eigenvalue weighted by atomic mass is 32.2. The molecule has 6 nitrogen and oxygen atoms in total. The Morgan fingerprint density at radius 3 is 2.79 bits per heavy atom. The monoisotopic (exact) mass is 281 g/mol. The van der Waals surface area contributed by atoms with Gasteiger partial charge in [0.2, 0.25) is 0 Å². The van der Waals surface area contributed by atoms with Gasteiger partial charge in [-0.2, -0.15) is 12.7 Å². The molecule has 1 aromatic rings. The van der Waals surface area contributed by atoms with Crippen LogP contribution in [-0.4, -0.2) is 41.6 Å². The lowest BCUT2D eigenvalue weighted by Gasteiger charge is -2.19. The zero-order valence-corrected chi connectivity index (χ0v) is 11.1. The summed E-state index contributed by atoms with van der Waals surface area (Å²) in [5, 5.41) is 0. The minimum Gasteiger partial charge on any atom is -0.293 e. The summed E-state index contributed by atoms with van der Waals surface area (Å²) in [4.78, 5) is 8.01. The molecule has 0 spiro atoms. The predicted molar refractivity (Wildman–Crippen MR) is 72.3 cm³/mol. The van der Waals surface area contributed by atoms with Crippen LogP contribution in [0.4, 0.5) is 0 Å². The first kappa shape index (κ1) is 13.9. The van der Waals surface area contributed by atoms with Crippen molar-refractivity contribution in [3.05, 3.63) is 41.7 Å². The first-order valence-corrected chi connectivity index (χ1v) is 7.26. The summed E-state index contributed by atoms with van der Waals surface area (Å²) in [7, 11) is -4.26. The molecule has 2 heterocycles. The molecule has 2 rings (SSSR count). The van der Waals surface area contributed by atoms with Crippen LogP contribution < -0.4 is 0 Å². The predicted octanol–water partition coefficient (Wildman–Crippen LogP) is 1.09. The lowest BCUT2D eigenvalue weighted by molar-refractivity contribution is 0.363. The van der Waals surface area contributed by atoms with Crippen LogP contribution in [0.3, 0.4) is 0 Å². The molecule has 1 N–H and O–H groups in total. The Balaban J connectivity index is 2.13. The maximum Gasteiger partial charge on any atom is 0.336 e. The molecule has 0 saturated carbocycles. The van der Waals surface area contributed by atoms with Crippen molar-refractivity contribution in [3.63, 3.8) is 0 Å². The van der Waals surface area contributed by atoms with Gasteiger partial charge in [-0.1, -0.05) is 12.1 Å². The molecule has 0 amide bonds. The minimum absolute atomic E-state index is 0.0812. The molecule has 7 heteroatoms. The van der Waals surface area contributed by atoms with Gasteiger partial charge in [-0.3, -0.25) is 14.5 Å². The highest BCUT2D eigenvalue weighted by molar-refractivity contribution is 7.83. The largest absolute Gasteiger partial charge is 0.336 e. The Hall–Kier alpha value is -1.57. The molecule has 1 aliphatic rings. The lowest BCUT2D eigenvalue weighted by Crippen LogP contribution is -2.32. The van der Waals surface area contributed by atoms with Gasteiger partial charge < -0.3 is 0 Å². The maximum absolute atomic E-state index is 11.4. The van der Waals surface area contributed by atoms with Crippen LogP contribution in [-0.2, 0) is 16.8 Å². The summed E-state index contributed by atoms with van der Waals surface area (Å²) in [6.07, 6.45) is 7.54. The zero-order valence-electron chi connectivity index (χ0n) is 10.3. The van der Waals surface area contributed by atoms with E-state index >= 15 is 0 Å². The third-order valence-corrected chi connectivity index (χ3v) is 3.60. The smallest absolute Gasteiger partial charge is 0.293 e. The summed E-state index contributed by atoms with van der Waals surface area (Å²) in [5.74, 6) is 0. The average Bonchev–Trinajstić information content (AvgIpc) is 2.39. The molecule has 102 valence electrons. The van der Waals surface area contributed by atoms with Crippen molar-refractivity contribution >= 4 is 16.5 Å². The molecule has 0 fully saturated rings. The van der Waals surface area contributed by atoms with E-state index in [9.17, 15) is 13.0 Å². The number of hydrogen-bond donors (Lipinski definition) is 1.